The highest BCUT2D eigenvalue weighted by Crippen LogP contribution is 2.30. The number of hydrogen-bond acceptors (Lipinski definition) is 3. The van der Waals surface area contributed by atoms with Gasteiger partial charge in [-0.3, -0.25) is 0 Å². The summed E-state index contributed by atoms with van der Waals surface area (Å²) in [6, 6.07) is 6.95. The normalized spacial score (nSPS) is 18.7. The van der Waals surface area contributed by atoms with Gasteiger partial charge in [0.1, 0.15) is 16.2 Å². The molecule has 0 spiro atoms. The molecule has 2 heterocycles. The van der Waals surface area contributed by atoms with E-state index in [0.29, 0.717) is 6.54 Å². The van der Waals surface area contributed by atoms with Gasteiger partial charge < -0.3 is 14.8 Å². The van der Waals surface area contributed by atoms with E-state index in [1.165, 1.54) is 0 Å². The highest BCUT2D eigenvalue weighted by molar-refractivity contribution is 9.10. The third kappa shape index (κ3) is 1.93. The molecule has 0 saturated heterocycles. The third-order valence-electron chi connectivity index (χ3n) is 3.26. The number of phenolic OH excluding ortho intramolecular Hbond substituents is 1. The highest BCUT2D eigenvalue weighted by Gasteiger charge is 2.23. The molecule has 4 nitrogen and oxygen atoms in total. The van der Waals surface area contributed by atoms with Crippen LogP contribution in [0.15, 0.2) is 28.9 Å². The Labute approximate surface area is 113 Å². The average molecular weight is 309 g/mol. The average Bonchev–Trinajstić information content (AvgIpc) is 2.67. The monoisotopic (exact) mass is 308 g/mol. The molecule has 1 aromatic carbocycles. The van der Waals surface area contributed by atoms with Gasteiger partial charge in [0.2, 0.25) is 0 Å². The maximum atomic E-state index is 9.78. The molecule has 0 amide bonds. The minimum atomic E-state index is -0.311. The van der Waals surface area contributed by atoms with Crippen molar-refractivity contribution in [3.8, 4) is 17.1 Å². The molecule has 1 atom stereocenters. The van der Waals surface area contributed by atoms with E-state index in [-0.39, 0.29) is 11.9 Å². The van der Waals surface area contributed by atoms with Crippen LogP contribution in [-0.4, -0.2) is 25.9 Å². The van der Waals surface area contributed by atoms with Crippen LogP contribution in [0.25, 0.3) is 11.4 Å². The van der Waals surface area contributed by atoms with Crippen molar-refractivity contribution < 1.29 is 10.2 Å². The number of aliphatic hydroxyl groups is 1. The van der Waals surface area contributed by atoms with Crippen LogP contribution in [0.2, 0.25) is 0 Å². The fourth-order valence-electron chi connectivity index (χ4n) is 2.33. The predicted molar refractivity (Wildman–Crippen MR) is 71.4 cm³/mol. The minimum Gasteiger partial charge on any atom is -0.508 e. The number of aliphatic hydroxyl groups excluding tert-OH is 1. The zero-order valence-electron chi connectivity index (χ0n) is 9.67. The number of imidazole rings is 1. The molecule has 0 saturated carbocycles. The Hall–Kier alpha value is -1.33. The number of aromatic nitrogens is 2. The van der Waals surface area contributed by atoms with Crippen LogP contribution < -0.4 is 0 Å². The molecule has 3 rings (SSSR count). The molecule has 1 aliphatic rings. The lowest BCUT2D eigenvalue weighted by Gasteiger charge is -2.21. The fraction of sp³-hybridized carbons (Fsp3) is 0.308. The number of halogens is 1. The van der Waals surface area contributed by atoms with Gasteiger partial charge in [-0.05, 0) is 53.0 Å². The summed E-state index contributed by atoms with van der Waals surface area (Å²) in [6.45, 7) is 0.574. The minimum absolute atomic E-state index is 0.239. The first kappa shape index (κ1) is 11.7. The molecule has 5 heteroatoms. The van der Waals surface area contributed by atoms with Crippen LogP contribution in [0.1, 0.15) is 12.1 Å². The van der Waals surface area contributed by atoms with E-state index in [9.17, 15) is 10.2 Å². The Kier molecular flexibility index (Phi) is 2.87. The molecule has 2 aromatic rings. The number of phenols is 1. The van der Waals surface area contributed by atoms with Crippen molar-refractivity contribution in [2.24, 2.45) is 0 Å². The van der Waals surface area contributed by atoms with Gasteiger partial charge in [-0.25, -0.2) is 4.98 Å². The Bertz CT molecular complexity index is 577. The first-order valence-electron chi connectivity index (χ1n) is 5.87. The number of nitrogens with zero attached hydrogens (tertiary/aromatic N) is 2. The van der Waals surface area contributed by atoms with Gasteiger partial charge in [-0.2, -0.15) is 0 Å². The molecule has 2 N–H and O–H groups in total. The topological polar surface area (TPSA) is 58.3 Å². The lowest BCUT2D eigenvalue weighted by molar-refractivity contribution is 0.132. The summed E-state index contributed by atoms with van der Waals surface area (Å²) in [6.07, 6.45) is 1.29. The first-order valence-corrected chi connectivity index (χ1v) is 6.67. The summed E-state index contributed by atoms with van der Waals surface area (Å²) in [4.78, 5) is 4.51. The number of fused-ring (bicyclic) bond motifs is 1. The smallest absolute Gasteiger partial charge is 0.141 e. The van der Waals surface area contributed by atoms with Crippen LogP contribution in [0.5, 0.6) is 5.75 Å². The van der Waals surface area contributed by atoms with Gasteiger partial charge in [0.05, 0.1) is 18.3 Å². The summed E-state index contributed by atoms with van der Waals surface area (Å²) in [5.74, 6) is 1.07. The van der Waals surface area contributed by atoms with Crippen molar-refractivity contribution >= 4 is 15.9 Å². The van der Waals surface area contributed by atoms with Crippen LogP contribution in [0.3, 0.4) is 0 Å². The highest BCUT2D eigenvalue weighted by atomic mass is 79.9. The van der Waals surface area contributed by atoms with Crippen LogP contribution >= 0.6 is 15.9 Å². The maximum Gasteiger partial charge on any atom is 0.141 e. The Morgan fingerprint density at radius 2 is 2.00 bits per heavy atom. The van der Waals surface area contributed by atoms with Crippen molar-refractivity contribution in [3.63, 3.8) is 0 Å². The maximum absolute atomic E-state index is 9.78. The van der Waals surface area contributed by atoms with E-state index >= 15 is 0 Å². The zero-order valence-corrected chi connectivity index (χ0v) is 11.3. The predicted octanol–water partition coefficient (Wildman–Crippen LogP) is 2.33. The lowest BCUT2D eigenvalue weighted by Crippen LogP contribution is -2.24. The van der Waals surface area contributed by atoms with Crippen LogP contribution in [0.4, 0.5) is 0 Å². The Morgan fingerprint density at radius 3 is 2.72 bits per heavy atom. The van der Waals surface area contributed by atoms with Crippen molar-refractivity contribution in [3.05, 3.63) is 34.6 Å². The van der Waals surface area contributed by atoms with Gasteiger partial charge in [0.25, 0.3) is 0 Å². The Balaban J connectivity index is 2.10. The lowest BCUT2D eigenvalue weighted by atomic mass is 10.1. The zero-order chi connectivity index (χ0) is 12.7. The second-order valence-electron chi connectivity index (χ2n) is 4.52. The van der Waals surface area contributed by atoms with Crippen LogP contribution in [-0.2, 0) is 13.0 Å². The van der Waals surface area contributed by atoms with Gasteiger partial charge >= 0.3 is 0 Å². The molecule has 0 bridgehead atoms. The van der Waals surface area contributed by atoms with E-state index in [2.05, 4.69) is 20.9 Å². The van der Waals surface area contributed by atoms with Gasteiger partial charge in [0, 0.05) is 5.56 Å². The van der Waals surface area contributed by atoms with Gasteiger partial charge in [-0.15, -0.1) is 0 Å². The van der Waals surface area contributed by atoms with E-state index in [1.54, 1.807) is 12.1 Å². The molecule has 0 aliphatic carbocycles. The van der Waals surface area contributed by atoms with E-state index < -0.39 is 0 Å². The SMILES string of the molecule is Oc1ccc(-c2nc(Br)c3n2CC(O)CC3)cc1. The summed E-state index contributed by atoms with van der Waals surface area (Å²) >= 11 is 3.47. The van der Waals surface area contributed by atoms with E-state index in [1.807, 2.05) is 16.7 Å². The summed E-state index contributed by atoms with van der Waals surface area (Å²) < 4.78 is 2.89. The summed E-state index contributed by atoms with van der Waals surface area (Å²) in [5.41, 5.74) is 2.07. The molecule has 1 unspecified atom stereocenters. The van der Waals surface area contributed by atoms with Gasteiger partial charge in [-0.1, -0.05) is 0 Å². The molecular weight excluding hydrogens is 296 g/mol. The number of aromatic hydroxyl groups is 1. The van der Waals surface area contributed by atoms with Crippen molar-refractivity contribution in [1.29, 1.82) is 0 Å². The number of benzene rings is 1. The molecule has 94 valence electrons. The molecule has 1 aliphatic heterocycles. The van der Waals surface area contributed by atoms with Crippen LogP contribution in [0, 0.1) is 0 Å². The standard InChI is InChI=1S/C13H13BrN2O2/c14-12-11-6-5-10(18)7-16(11)13(15-12)8-1-3-9(17)4-2-8/h1-4,10,17-18H,5-7H2. The largest absolute Gasteiger partial charge is 0.508 e. The third-order valence-corrected chi connectivity index (χ3v) is 3.89. The molecular formula is C13H13BrN2O2. The van der Waals surface area contributed by atoms with Crippen molar-refractivity contribution in [1.82, 2.24) is 9.55 Å². The Morgan fingerprint density at radius 1 is 1.28 bits per heavy atom. The first-order chi connectivity index (χ1) is 8.65. The summed E-state index contributed by atoms with van der Waals surface area (Å²) in [7, 11) is 0. The molecule has 0 radical (unpaired) electrons. The molecule has 0 fully saturated rings. The van der Waals surface area contributed by atoms with Crippen molar-refractivity contribution in [2.75, 3.05) is 0 Å². The second-order valence-corrected chi connectivity index (χ2v) is 5.27. The number of rotatable bonds is 1. The van der Waals surface area contributed by atoms with E-state index in [4.69, 9.17) is 0 Å². The van der Waals surface area contributed by atoms with Crippen molar-refractivity contribution in [2.45, 2.75) is 25.5 Å². The molecule has 1 aromatic heterocycles. The molecule has 18 heavy (non-hydrogen) atoms. The second kappa shape index (κ2) is 4.40. The quantitative estimate of drug-likeness (QED) is 0.850. The fourth-order valence-corrected chi connectivity index (χ4v) is 2.91. The number of hydrogen-bond donors (Lipinski definition) is 2. The van der Waals surface area contributed by atoms with E-state index in [0.717, 1.165) is 34.5 Å². The van der Waals surface area contributed by atoms with Gasteiger partial charge in [0.15, 0.2) is 0 Å². The summed E-state index contributed by atoms with van der Waals surface area (Å²) in [5, 5.41) is 19.1.